The fourth-order valence-electron chi connectivity index (χ4n) is 0.149. The van der Waals surface area contributed by atoms with Crippen LogP contribution in [0.5, 0.6) is 0 Å². The summed E-state index contributed by atoms with van der Waals surface area (Å²) in [6.07, 6.45) is 1.19. The zero-order valence-corrected chi connectivity index (χ0v) is 4.13. The Morgan fingerprint density at radius 1 is 1.71 bits per heavy atom. The summed E-state index contributed by atoms with van der Waals surface area (Å²) in [7, 11) is 1.52. The predicted molar refractivity (Wildman–Crippen MR) is 27.2 cm³/mol. The highest BCUT2D eigenvalue weighted by molar-refractivity contribution is 4.87. The van der Waals surface area contributed by atoms with Gasteiger partial charge < -0.3 is 11.5 Å². The van der Waals surface area contributed by atoms with Crippen molar-refractivity contribution in [2.75, 3.05) is 7.05 Å². The maximum Gasteiger partial charge on any atom is 0.161 e. The lowest BCUT2D eigenvalue weighted by molar-refractivity contribution is 1.05. The zero-order valence-electron chi connectivity index (χ0n) is 4.13. The SMILES string of the molecule is C/N=N\C(N)=C/N. The van der Waals surface area contributed by atoms with Gasteiger partial charge in [-0.3, -0.25) is 0 Å². The van der Waals surface area contributed by atoms with Gasteiger partial charge >= 0.3 is 0 Å². The van der Waals surface area contributed by atoms with Crippen LogP contribution in [0.3, 0.4) is 0 Å². The Morgan fingerprint density at radius 2 is 2.29 bits per heavy atom. The molecule has 0 saturated heterocycles. The van der Waals surface area contributed by atoms with Crippen molar-refractivity contribution in [3.63, 3.8) is 0 Å². The summed E-state index contributed by atoms with van der Waals surface area (Å²) < 4.78 is 0. The monoisotopic (exact) mass is 100 g/mol. The molecule has 40 valence electrons. The van der Waals surface area contributed by atoms with Gasteiger partial charge in [0.15, 0.2) is 5.82 Å². The van der Waals surface area contributed by atoms with Crippen molar-refractivity contribution in [3.05, 3.63) is 12.0 Å². The van der Waals surface area contributed by atoms with Crippen LogP contribution in [0, 0.1) is 0 Å². The highest BCUT2D eigenvalue weighted by Gasteiger charge is 1.73. The molecule has 0 aliphatic rings. The molecule has 4 heteroatoms. The maximum absolute atomic E-state index is 5.06. The lowest BCUT2D eigenvalue weighted by atomic mass is 10.8. The first-order valence-corrected chi connectivity index (χ1v) is 1.78. The smallest absolute Gasteiger partial charge is 0.161 e. The number of rotatable bonds is 1. The summed E-state index contributed by atoms with van der Waals surface area (Å²) in [5, 5.41) is 6.74. The van der Waals surface area contributed by atoms with E-state index in [0.717, 1.165) is 0 Å². The molecule has 0 aliphatic carbocycles. The van der Waals surface area contributed by atoms with Crippen molar-refractivity contribution in [1.29, 1.82) is 0 Å². The van der Waals surface area contributed by atoms with E-state index >= 15 is 0 Å². The Balaban J connectivity index is 3.58. The van der Waals surface area contributed by atoms with Crippen LogP contribution in [0.1, 0.15) is 0 Å². The van der Waals surface area contributed by atoms with Crippen LogP contribution in [0.15, 0.2) is 22.2 Å². The second kappa shape index (κ2) is 3.14. The molecular weight excluding hydrogens is 92.1 g/mol. The molecule has 4 nitrogen and oxygen atoms in total. The number of nitrogens with two attached hydrogens (primary N) is 2. The average molecular weight is 100 g/mol. The van der Waals surface area contributed by atoms with E-state index in [1.165, 1.54) is 13.2 Å². The summed E-state index contributed by atoms with van der Waals surface area (Å²) in [5.74, 6) is 0.238. The lowest BCUT2D eigenvalue weighted by Crippen LogP contribution is -1.95. The molecule has 0 fully saturated rings. The van der Waals surface area contributed by atoms with Crippen LogP contribution in [0.2, 0.25) is 0 Å². The van der Waals surface area contributed by atoms with E-state index in [1.54, 1.807) is 0 Å². The summed E-state index contributed by atoms with van der Waals surface area (Å²) >= 11 is 0. The standard InChI is InChI=1S/C3H8N4/c1-6-7-3(5)2-4/h2H,4-5H2,1H3/b3-2-,7-6-. The van der Waals surface area contributed by atoms with Crippen molar-refractivity contribution < 1.29 is 0 Å². The average Bonchev–Trinajstić information content (AvgIpc) is 1.68. The van der Waals surface area contributed by atoms with Crippen LogP contribution in [0.25, 0.3) is 0 Å². The second-order valence-corrected chi connectivity index (χ2v) is 0.892. The van der Waals surface area contributed by atoms with Gasteiger partial charge in [0, 0.05) is 13.2 Å². The topological polar surface area (TPSA) is 76.8 Å². The van der Waals surface area contributed by atoms with E-state index in [4.69, 9.17) is 11.5 Å². The fraction of sp³-hybridized carbons (Fsp3) is 0.333. The Bertz CT molecular complexity index is 93.1. The Labute approximate surface area is 41.9 Å². The molecule has 0 saturated carbocycles. The lowest BCUT2D eigenvalue weighted by Gasteiger charge is -1.81. The molecule has 0 radical (unpaired) electrons. The number of hydrogen-bond donors (Lipinski definition) is 2. The van der Waals surface area contributed by atoms with Gasteiger partial charge in [0.25, 0.3) is 0 Å². The predicted octanol–water partition coefficient (Wildman–Crippen LogP) is -0.215. The van der Waals surface area contributed by atoms with Gasteiger partial charge in [-0.1, -0.05) is 0 Å². The van der Waals surface area contributed by atoms with E-state index < -0.39 is 0 Å². The van der Waals surface area contributed by atoms with Gasteiger partial charge in [-0.15, -0.1) is 5.11 Å². The molecule has 0 aromatic carbocycles. The molecular formula is C3H8N4. The molecule has 4 N–H and O–H groups in total. The van der Waals surface area contributed by atoms with Gasteiger partial charge in [0.05, 0.1) is 0 Å². The Hall–Kier alpha value is -1.06. The normalized spacial score (nSPS) is 13.0. The van der Waals surface area contributed by atoms with Crippen LogP contribution in [-0.4, -0.2) is 7.05 Å². The largest absolute Gasteiger partial charge is 0.402 e. The van der Waals surface area contributed by atoms with Crippen molar-refractivity contribution in [2.45, 2.75) is 0 Å². The minimum Gasteiger partial charge on any atom is -0.402 e. The minimum absolute atomic E-state index is 0.238. The number of azo groups is 1. The summed E-state index contributed by atoms with van der Waals surface area (Å²) in [6.45, 7) is 0. The molecule has 0 amide bonds. The van der Waals surface area contributed by atoms with E-state index in [0.29, 0.717) is 0 Å². The Kier molecular flexibility index (Phi) is 2.67. The number of nitrogens with zero attached hydrogens (tertiary/aromatic N) is 2. The minimum atomic E-state index is 0.238. The third kappa shape index (κ3) is 2.75. The second-order valence-electron chi connectivity index (χ2n) is 0.892. The molecule has 0 atom stereocenters. The highest BCUT2D eigenvalue weighted by atomic mass is 15.1. The molecule has 0 heterocycles. The maximum atomic E-state index is 5.06. The van der Waals surface area contributed by atoms with Crippen LogP contribution >= 0.6 is 0 Å². The molecule has 0 bridgehead atoms. The van der Waals surface area contributed by atoms with Gasteiger partial charge in [-0.2, -0.15) is 5.11 Å². The summed E-state index contributed by atoms with van der Waals surface area (Å²) in [6, 6.07) is 0. The summed E-state index contributed by atoms with van der Waals surface area (Å²) in [5.41, 5.74) is 9.98. The third-order valence-corrected chi connectivity index (χ3v) is 0.386. The van der Waals surface area contributed by atoms with E-state index in [2.05, 4.69) is 10.2 Å². The first kappa shape index (κ1) is 5.94. The molecule has 0 unspecified atom stereocenters. The van der Waals surface area contributed by atoms with Crippen LogP contribution < -0.4 is 11.5 Å². The van der Waals surface area contributed by atoms with Crippen molar-refractivity contribution in [1.82, 2.24) is 0 Å². The molecule has 0 rings (SSSR count). The summed E-state index contributed by atoms with van der Waals surface area (Å²) in [4.78, 5) is 0. The van der Waals surface area contributed by atoms with Crippen LogP contribution in [-0.2, 0) is 0 Å². The Morgan fingerprint density at radius 3 is 2.43 bits per heavy atom. The molecule has 7 heavy (non-hydrogen) atoms. The quantitative estimate of drug-likeness (QED) is 0.447. The first-order chi connectivity index (χ1) is 3.31. The van der Waals surface area contributed by atoms with Gasteiger partial charge in [-0.05, 0) is 0 Å². The molecule has 0 aromatic heterocycles. The van der Waals surface area contributed by atoms with Crippen molar-refractivity contribution in [2.24, 2.45) is 21.7 Å². The van der Waals surface area contributed by atoms with Crippen LogP contribution in [0.4, 0.5) is 0 Å². The first-order valence-electron chi connectivity index (χ1n) is 1.78. The molecule has 0 spiro atoms. The third-order valence-electron chi connectivity index (χ3n) is 0.386. The van der Waals surface area contributed by atoms with Gasteiger partial charge in [0.1, 0.15) is 0 Å². The van der Waals surface area contributed by atoms with Crippen molar-refractivity contribution in [3.8, 4) is 0 Å². The molecule has 0 aromatic rings. The zero-order chi connectivity index (χ0) is 5.70. The van der Waals surface area contributed by atoms with E-state index in [-0.39, 0.29) is 5.82 Å². The molecule has 0 aliphatic heterocycles. The fourth-order valence-corrected chi connectivity index (χ4v) is 0.149. The van der Waals surface area contributed by atoms with Gasteiger partial charge in [-0.25, -0.2) is 0 Å². The number of hydrogen-bond acceptors (Lipinski definition) is 4. The van der Waals surface area contributed by atoms with Gasteiger partial charge in [0.2, 0.25) is 0 Å². The van der Waals surface area contributed by atoms with E-state index in [9.17, 15) is 0 Å². The van der Waals surface area contributed by atoms with Crippen molar-refractivity contribution >= 4 is 0 Å². The highest BCUT2D eigenvalue weighted by Crippen LogP contribution is 1.78. The van der Waals surface area contributed by atoms with E-state index in [1.807, 2.05) is 0 Å².